The third kappa shape index (κ3) is 6.12. The Kier molecular flexibility index (Phi) is 7.80. The maximum Gasteiger partial charge on any atom is 1.00 e. The predicted octanol–water partition coefficient (Wildman–Crippen LogP) is -3.13. The van der Waals surface area contributed by atoms with Crippen LogP contribution in [-0.2, 0) is 14.4 Å². The molecule has 1 rings (SSSR count). The quantitative estimate of drug-likeness (QED) is 0.263. The van der Waals surface area contributed by atoms with Crippen LogP contribution in [0.3, 0.4) is 0 Å². The molecule has 2 N–H and O–H groups in total. The van der Waals surface area contributed by atoms with Crippen molar-refractivity contribution in [3.8, 4) is 0 Å². The average Bonchev–Trinajstić information content (AvgIpc) is 2.26. The van der Waals surface area contributed by atoms with Crippen LogP contribution in [0.15, 0.2) is 29.8 Å². The van der Waals surface area contributed by atoms with Crippen molar-refractivity contribution < 1.29 is 76.0 Å². The van der Waals surface area contributed by atoms with E-state index in [0.717, 1.165) is 6.08 Å². The second-order valence-corrected chi connectivity index (χ2v) is 3.45. The molecule has 0 bridgehead atoms. The van der Waals surface area contributed by atoms with Crippen molar-refractivity contribution in [1.82, 2.24) is 0 Å². The summed E-state index contributed by atoms with van der Waals surface area (Å²) in [5.74, 6) is -3.56. The van der Waals surface area contributed by atoms with Gasteiger partial charge in [0, 0.05) is 12.6 Å². The van der Waals surface area contributed by atoms with Gasteiger partial charge in [0.15, 0.2) is 0 Å². The number of carboxylic acids is 2. The number of carboxylic acid groups (broad SMARTS) is 2. The molecule has 0 radical (unpaired) electrons. The summed E-state index contributed by atoms with van der Waals surface area (Å²) >= 11 is 0. The molecule has 1 aromatic carbocycles. The fourth-order valence-electron chi connectivity index (χ4n) is 1.24. The van der Waals surface area contributed by atoms with E-state index in [1.54, 1.807) is 0 Å². The smallest absolute Gasteiger partial charge is 0.545 e. The first-order valence-electron chi connectivity index (χ1n) is 4.94. The molecule has 6 nitrogen and oxygen atoms in total. The molecule has 0 unspecified atom stereocenters. The summed E-state index contributed by atoms with van der Waals surface area (Å²) in [7, 11) is 0. The molecule has 0 atom stereocenters. The molecule has 0 aliphatic carbocycles. The van der Waals surface area contributed by atoms with Crippen LogP contribution in [0.4, 0.5) is 5.69 Å². The maximum absolute atomic E-state index is 10.8. The van der Waals surface area contributed by atoms with Crippen molar-refractivity contribution >= 4 is 29.6 Å². The number of nitrogens with one attached hydrogen (secondary N) is 1. The number of aliphatic carboxylic acids is 2. The number of carbonyl (C=O) groups excluding carboxylic acids is 2. The Hall–Kier alpha value is -0.994. The van der Waals surface area contributed by atoms with Gasteiger partial charge in [-0.25, -0.2) is 4.79 Å². The molecular formula is C12H10KNO5. The molecule has 0 saturated carbocycles. The first-order chi connectivity index (χ1) is 8.40. The molecule has 0 saturated heterocycles. The summed E-state index contributed by atoms with van der Waals surface area (Å²) in [6.45, 7) is 1.35. The molecule has 0 aromatic heterocycles. The Balaban J connectivity index is 0.00000324. The van der Waals surface area contributed by atoms with Crippen molar-refractivity contribution in [1.29, 1.82) is 0 Å². The fraction of sp³-hybridized carbons (Fsp3) is 0.0833. The normalized spacial score (nSPS) is 10.3. The van der Waals surface area contributed by atoms with Gasteiger partial charge >= 0.3 is 57.4 Å². The topological polar surface area (TPSA) is 107 Å². The van der Waals surface area contributed by atoms with Gasteiger partial charge in [0.05, 0.1) is 11.5 Å². The van der Waals surface area contributed by atoms with E-state index in [9.17, 15) is 19.5 Å². The van der Waals surface area contributed by atoms with Gasteiger partial charge in [-0.2, -0.15) is 0 Å². The summed E-state index contributed by atoms with van der Waals surface area (Å²) in [6, 6.07) is 6.03. The van der Waals surface area contributed by atoms with E-state index in [1.807, 2.05) is 0 Å². The molecule has 0 aliphatic heterocycles. The van der Waals surface area contributed by atoms with Gasteiger partial charge in [-0.1, -0.05) is 12.1 Å². The zero-order chi connectivity index (χ0) is 13.7. The second-order valence-electron chi connectivity index (χ2n) is 3.45. The zero-order valence-corrected chi connectivity index (χ0v) is 13.6. The largest absolute Gasteiger partial charge is 1.00 e. The Morgan fingerprint density at radius 3 is 2.11 bits per heavy atom. The van der Waals surface area contributed by atoms with Crippen LogP contribution in [0.1, 0.15) is 12.5 Å². The van der Waals surface area contributed by atoms with Gasteiger partial charge in [0.1, 0.15) is 0 Å². The summed E-state index contributed by atoms with van der Waals surface area (Å²) in [4.78, 5) is 31.9. The second kappa shape index (κ2) is 8.23. The SMILES string of the molecule is CC(=O)Nc1ccc(/C=C(/C(=O)[O-])C(=O)O)cc1.[K+]. The van der Waals surface area contributed by atoms with Gasteiger partial charge in [-0.3, -0.25) is 4.79 Å². The first-order valence-corrected chi connectivity index (χ1v) is 4.94. The number of benzene rings is 1. The van der Waals surface area contributed by atoms with Crippen molar-refractivity contribution in [2.24, 2.45) is 0 Å². The van der Waals surface area contributed by atoms with E-state index in [0.29, 0.717) is 11.3 Å². The van der Waals surface area contributed by atoms with Crippen molar-refractivity contribution in [3.63, 3.8) is 0 Å². The first kappa shape index (κ1) is 18.0. The molecular weight excluding hydrogens is 277 g/mol. The number of hydrogen-bond acceptors (Lipinski definition) is 4. The number of carbonyl (C=O) groups is 3. The molecule has 0 fully saturated rings. The minimum absolute atomic E-state index is 0. The molecule has 0 spiro atoms. The zero-order valence-electron chi connectivity index (χ0n) is 10.5. The van der Waals surface area contributed by atoms with Crippen LogP contribution in [-0.4, -0.2) is 23.0 Å². The Morgan fingerprint density at radius 2 is 1.74 bits per heavy atom. The van der Waals surface area contributed by atoms with Crippen LogP contribution in [0, 0.1) is 0 Å². The maximum atomic E-state index is 10.8. The van der Waals surface area contributed by atoms with Crippen LogP contribution in [0.25, 0.3) is 6.08 Å². The number of amides is 1. The van der Waals surface area contributed by atoms with Crippen molar-refractivity contribution in [2.45, 2.75) is 6.92 Å². The van der Waals surface area contributed by atoms with E-state index >= 15 is 0 Å². The molecule has 7 heteroatoms. The minimum Gasteiger partial charge on any atom is -0.545 e. The van der Waals surface area contributed by atoms with E-state index in [4.69, 9.17) is 5.11 Å². The molecule has 94 valence electrons. The van der Waals surface area contributed by atoms with Gasteiger partial charge in [0.2, 0.25) is 5.91 Å². The molecule has 1 amide bonds. The van der Waals surface area contributed by atoms with Gasteiger partial charge in [-0.05, 0) is 23.8 Å². The minimum atomic E-state index is -1.76. The number of anilines is 1. The van der Waals surface area contributed by atoms with Crippen LogP contribution in [0.2, 0.25) is 0 Å². The summed E-state index contributed by atoms with van der Waals surface area (Å²) < 4.78 is 0. The van der Waals surface area contributed by atoms with Crippen LogP contribution < -0.4 is 61.8 Å². The molecule has 0 heterocycles. The third-order valence-electron chi connectivity index (χ3n) is 1.99. The predicted molar refractivity (Wildman–Crippen MR) is 61.4 cm³/mol. The monoisotopic (exact) mass is 287 g/mol. The number of rotatable bonds is 4. The van der Waals surface area contributed by atoms with E-state index in [1.165, 1.54) is 31.2 Å². The summed E-state index contributed by atoms with van der Waals surface area (Å²) in [5.41, 5.74) is 0.0814. The van der Waals surface area contributed by atoms with Gasteiger partial charge in [0.25, 0.3) is 0 Å². The van der Waals surface area contributed by atoms with Crippen LogP contribution in [0.5, 0.6) is 0 Å². The van der Waals surface area contributed by atoms with E-state index in [2.05, 4.69) is 5.32 Å². The Bertz CT molecular complexity index is 505. The van der Waals surface area contributed by atoms with Crippen LogP contribution >= 0.6 is 0 Å². The fourth-order valence-corrected chi connectivity index (χ4v) is 1.24. The van der Waals surface area contributed by atoms with Gasteiger partial charge < -0.3 is 20.3 Å². The summed E-state index contributed by atoms with van der Waals surface area (Å²) in [5, 5.41) is 21.7. The third-order valence-corrected chi connectivity index (χ3v) is 1.99. The molecule has 0 aliphatic rings. The standard InChI is InChI=1S/C12H11NO5.K/c1-7(14)13-9-4-2-8(3-5-9)6-10(11(15)16)12(17)18;/h2-6H,1H3,(H,13,14)(H,15,16)(H,17,18);/q;+1/p-1. The number of hydrogen-bond donors (Lipinski definition) is 2. The van der Waals surface area contributed by atoms with E-state index in [-0.39, 0.29) is 57.3 Å². The van der Waals surface area contributed by atoms with E-state index < -0.39 is 17.5 Å². The Morgan fingerprint density at radius 1 is 1.21 bits per heavy atom. The average molecular weight is 287 g/mol. The van der Waals surface area contributed by atoms with Crippen molar-refractivity contribution in [2.75, 3.05) is 5.32 Å². The summed E-state index contributed by atoms with van der Waals surface area (Å²) in [6.07, 6.45) is 0.981. The Labute approximate surface area is 151 Å². The van der Waals surface area contributed by atoms with Gasteiger partial charge in [-0.15, -0.1) is 0 Å². The van der Waals surface area contributed by atoms with Crippen molar-refractivity contribution in [3.05, 3.63) is 35.4 Å². The molecule has 19 heavy (non-hydrogen) atoms. The molecule has 1 aromatic rings.